The highest BCUT2D eigenvalue weighted by molar-refractivity contribution is 5.78. The van der Waals surface area contributed by atoms with E-state index >= 15 is 0 Å². The summed E-state index contributed by atoms with van der Waals surface area (Å²) in [6.45, 7) is 7.79. The second kappa shape index (κ2) is 6.89. The van der Waals surface area contributed by atoms with Crippen molar-refractivity contribution in [2.75, 3.05) is 6.61 Å². The number of fused-ring (bicyclic) bond motifs is 1. The van der Waals surface area contributed by atoms with Crippen molar-refractivity contribution in [1.82, 2.24) is 9.55 Å². The van der Waals surface area contributed by atoms with E-state index in [4.69, 9.17) is 10.1 Å². The predicted octanol–water partition coefficient (Wildman–Crippen LogP) is 3.77. The van der Waals surface area contributed by atoms with Crippen LogP contribution >= 0.6 is 0 Å². The second-order valence-corrected chi connectivity index (χ2v) is 5.64. The lowest BCUT2D eigenvalue weighted by molar-refractivity contribution is 0.287. The van der Waals surface area contributed by atoms with Gasteiger partial charge in [0.15, 0.2) is 0 Å². The maximum absolute atomic E-state index is 9.06. The predicted molar refractivity (Wildman–Crippen MR) is 84.1 cm³/mol. The van der Waals surface area contributed by atoms with Crippen molar-refractivity contribution >= 4 is 11.0 Å². The van der Waals surface area contributed by atoms with Gasteiger partial charge in [0, 0.05) is 19.6 Å². The maximum atomic E-state index is 9.06. The fourth-order valence-electron chi connectivity index (χ4n) is 2.63. The first-order valence-electron chi connectivity index (χ1n) is 7.74. The van der Waals surface area contributed by atoms with E-state index in [1.165, 1.54) is 35.9 Å². The van der Waals surface area contributed by atoms with E-state index in [2.05, 4.69) is 37.5 Å². The average molecular weight is 274 g/mol. The van der Waals surface area contributed by atoms with Gasteiger partial charge in [-0.1, -0.05) is 19.8 Å². The monoisotopic (exact) mass is 274 g/mol. The van der Waals surface area contributed by atoms with E-state index < -0.39 is 0 Å². The molecule has 0 atom stereocenters. The smallest absolute Gasteiger partial charge is 0.109 e. The summed E-state index contributed by atoms with van der Waals surface area (Å²) in [5, 5.41) is 9.06. The zero-order valence-electron chi connectivity index (χ0n) is 12.9. The Kier molecular flexibility index (Phi) is 5.18. The van der Waals surface area contributed by atoms with Crippen LogP contribution in [0.2, 0.25) is 0 Å². The molecule has 3 nitrogen and oxygen atoms in total. The number of benzene rings is 1. The van der Waals surface area contributed by atoms with Gasteiger partial charge < -0.3 is 9.67 Å². The Morgan fingerprint density at radius 1 is 1.10 bits per heavy atom. The topological polar surface area (TPSA) is 38.0 Å². The quantitative estimate of drug-likeness (QED) is 0.780. The molecular weight excluding hydrogens is 248 g/mol. The van der Waals surface area contributed by atoms with E-state index in [1.54, 1.807) is 0 Å². The standard InChI is InChI=1S/C17H26N2O/c1-4-5-6-9-19-16-12-14(3)13(2)11-15(16)18-17(19)8-7-10-20/h11-12,20H,4-10H2,1-3H3. The van der Waals surface area contributed by atoms with Crippen LogP contribution < -0.4 is 0 Å². The third kappa shape index (κ3) is 3.21. The fraction of sp³-hybridized carbons (Fsp3) is 0.588. The number of imidazole rings is 1. The number of rotatable bonds is 7. The van der Waals surface area contributed by atoms with E-state index in [1.807, 2.05) is 0 Å². The summed E-state index contributed by atoms with van der Waals surface area (Å²) < 4.78 is 2.35. The van der Waals surface area contributed by atoms with E-state index in [0.29, 0.717) is 0 Å². The maximum Gasteiger partial charge on any atom is 0.109 e. The lowest BCUT2D eigenvalue weighted by Gasteiger charge is -2.09. The van der Waals surface area contributed by atoms with Crippen LogP contribution in [0.25, 0.3) is 11.0 Å². The van der Waals surface area contributed by atoms with Crippen LogP contribution in [-0.4, -0.2) is 21.3 Å². The minimum absolute atomic E-state index is 0.232. The van der Waals surface area contributed by atoms with Crippen LogP contribution in [0.1, 0.15) is 49.6 Å². The Labute approximate surface area is 121 Å². The summed E-state index contributed by atoms with van der Waals surface area (Å²) in [6.07, 6.45) is 5.33. The molecule has 1 N–H and O–H groups in total. The fourth-order valence-corrected chi connectivity index (χ4v) is 2.63. The molecule has 0 unspecified atom stereocenters. The summed E-state index contributed by atoms with van der Waals surface area (Å²) >= 11 is 0. The highest BCUT2D eigenvalue weighted by Crippen LogP contribution is 2.22. The van der Waals surface area contributed by atoms with Crippen LogP contribution in [0.15, 0.2) is 12.1 Å². The molecule has 0 saturated carbocycles. The molecule has 0 radical (unpaired) electrons. The molecule has 3 heteroatoms. The molecule has 110 valence electrons. The Hall–Kier alpha value is -1.35. The van der Waals surface area contributed by atoms with Gasteiger partial charge in [0.1, 0.15) is 5.82 Å². The van der Waals surface area contributed by atoms with E-state index in [-0.39, 0.29) is 6.61 Å². The molecule has 0 aliphatic carbocycles. The van der Waals surface area contributed by atoms with Gasteiger partial charge in [-0.2, -0.15) is 0 Å². The van der Waals surface area contributed by atoms with Gasteiger partial charge in [-0.25, -0.2) is 4.98 Å². The SMILES string of the molecule is CCCCCn1c(CCCO)nc2cc(C)c(C)cc21. The third-order valence-electron chi connectivity index (χ3n) is 3.99. The van der Waals surface area contributed by atoms with Crippen molar-refractivity contribution < 1.29 is 5.11 Å². The number of aryl methyl sites for hydroxylation is 4. The van der Waals surface area contributed by atoms with E-state index in [9.17, 15) is 0 Å². The molecular formula is C17H26N2O. The molecule has 1 aromatic carbocycles. The normalized spacial score (nSPS) is 11.4. The van der Waals surface area contributed by atoms with Gasteiger partial charge in [-0.3, -0.25) is 0 Å². The van der Waals surface area contributed by atoms with Gasteiger partial charge in [0.05, 0.1) is 11.0 Å². The number of aromatic nitrogens is 2. The van der Waals surface area contributed by atoms with Crippen molar-refractivity contribution in [3.05, 3.63) is 29.1 Å². The van der Waals surface area contributed by atoms with Crippen molar-refractivity contribution in [2.45, 2.75) is 59.4 Å². The molecule has 1 aromatic heterocycles. The molecule has 1 heterocycles. The number of hydrogen-bond acceptors (Lipinski definition) is 2. The van der Waals surface area contributed by atoms with Gasteiger partial charge in [-0.05, 0) is 49.9 Å². The summed E-state index contributed by atoms with van der Waals surface area (Å²) in [4.78, 5) is 4.78. The first-order chi connectivity index (χ1) is 9.67. The summed E-state index contributed by atoms with van der Waals surface area (Å²) in [6, 6.07) is 4.44. The number of aliphatic hydroxyl groups is 1. The lowest BCUT2D eigenvalue weighted by atomic mass is 10.1. The van der Waals surface area contributed by atoms with Gasteiger partial charge in [0.25, 0.3) is 0 Å². The highest BCUT2D eigenvalue weighted by atomic mass is 16.2. The number of hydrogen-bond donors (Lipinski definition) is 1. The minimum atomic E-state index is 0.232. The molecule has 0 aliphatic rings. The van der Waals surface area contributed by atoms with Crippen LogP contribution in [0.4, 0.5) is 0 Å². The minimum Gasteiger partial charge on any atom is -0.396 e. The first kappa shape index (κ1) is 15.0. The molecule has 0 spiro atoms. The van der Waals surface area contributed by atoms with Crippen molar-refractivity contribution in [3.63, 3.8) is 0 Å². The molecule has 0 fully saturated rings. The molecule has 0 amide bonds. The highest BCUT2D eigenvalue weighted by Gasteiger charge is 2.11. The largest absolute Gasteiger partial charge is 0.396 e. The zero-order valence-corrected chi connectivity index (χ0v) is 12.9. The third-order valence-corrected chi connectivity index (χ3v) is 3.99. The number of aliphatic hydroxyl groups excluding tert-OH is 1. The zero-order chi connectivity index (χ0) is 14.5. The molecule has 2 aromatic rings. The van der Waals surface area contributed by atoms with Crippen molar-refractivity contribution in [3.8, 4) is 0 Å². The molecule has 0 bridgehead atoms. The van der Waals surface area contributed by atoms with Gasteiger partial charge >= 0.3 is 0 Å². The molecule has 0 aliphatic heterocycles. The van der Waals surface area contributed by atoms with Crippen LogP contribution in [0.5, 0.6) is 0 Å². The van der Waals surface area contributed by atoms with E-state index in [0.717, 1.165) is 30.7 Å². The Morgan fingerprint density at radius 2 is 1.85 bits per heavy atom. The van der Waals surface area contributed by atoms with Crippen molar-refractivity contribution in [1.29, 1.82) is 0 Å². The lowest BCUT2D eigenvalue weighted by Crippen LogP contribution is -2.05. The summed E-state index contributed by atoms with van der Waals surface area (Å²) in [5.41, 5.74) is 4.96. The second-order valence-electron chi connectivity index (χ2n) is 5.64. The summed E-state index contributed by atoms with van der Waals surface area (Å²) in [5.74, 6) is 1.12. The molecule has 0 saturated heterocycles. The Balaban J connectivity index is 2.38. The van der Waals surface area contributed by atoms with Crippen LogP contribution in [-0.2, 0) is 13.0 Å². The van der Waals surface area contributed by atoms with Gasteiger partial charge in [-0.15, -0.1) is 0 Å². The van der Waals surface area contributed by atoms with Crippen LogP contribution in [0.3, 0.4) is 0 Å². The number of nitrogens with zero attached hydrogens (tertiary/aromatic N) is 2. The molecule has 20 heavy (non-hydrogen) atoms. The number of unbranched alkanes of at least 4 members (excludes halogenated alkanes) is 2. The van der Waals surface area contributed by atoms with Crippen molar-refractivity contribution in [2.24, 2.45) is 0 Å². The summed E-state index contributed by atoms with van der Waals surface area (Å²) in [7, 11) is 0. The van der Waals surface area contributed by atoms with Crippen LogP contribution in [0, 0.1) is 13.8 Å². The average Bonchev–Trinajstić information content (AvgIpc) is 2.75. The Bertz CT molecular complexity index is 572. The molecule has 2 rings (SSSR count). The van der Waals surface area contributed by atoms with Gasteiger partial charge in [0.2, 0.25) is 0 Å². The first-order valence-corrected chi connectivity index (χ1v) is 7.74. The Morgan fingerprint density at radius 3 is 2.55 bits per heavy atom.